The quantitative estimate of drug-likeness (QED) is 0.668. The Balaban J connectivity index is 2.04. The first-order chi connectivity index (χ1) is 9.13. The van der Waals surface area contributed by atoms with E-state index in [-0.39, 0.29) is 5.78 Å². The fourth-order valence-electron chi connectivity index (χ4n) is 1.94. The summed E-state index contributed by atoms with van der Waals surface area (Å²) in [4.78, 5) is 16.6. The lowest BCUT2D eigenvalue weighted by Crippen LogP contribution is -2.01. The molecular formula is C15H11ClN2O. The van der Waals surface area contributed by atoms with Crippen LogP contribution >= 0.6 is 11.6 Å². The van der Waals surface area contributed by atoms with Gasteiger partial charge in [-0.2, -0.15) is 0 Å². The molecule has 0 atom stereocenters. The van der Waals surface area contributed by atoms with E-state index in [0.29, 0.717) is 16.3 Å². The number of hydrogen-bond acceptors (Lipinski definition) is 2. The van der Waals surface area contributed by atoms with Crippen molar-refractivity contribution in [3.63, 3.8) is 0 Å². The average Bonchev–Trinajstić information content (AvgIpc) is 2.81. The molecule has 1 aromatic carbocycles. The van der Waals surface area contributed by atoms with E-state index in [0.717, 1.165) is 11.2 Å². The van der Waals surface area contributed by atoms with Gasteiger partial charge in [0.25, 0.3) is 0 Å². The number of nitrogens with zero attached hydrogens (tertiary/aromatic N) is 2. The van der Waals surface area contributed by atoms with Crippen LogP contribution in [0.4, 0.5) is 0 Å². The van der Waals surface area contributed by atoms with E-state index < -0.39 is 0 Å². The van der Waals surface area contributed by atoms with Gasteiger partial charge in [-0.15, -0.1) is 0 Å². The Morgan fingerprint density at radius 2 is 1.95 bits per heavy atom. The van der Waals surface area contributed by atoms with Crippen LogP contribution in [0, 0.1) is 6.92 Å². The second kappa shape index (κ2) is 4.52. The molecule has 94 valence electrons. The van der Waals surface area contributed by atoms with Gasteiger partial charge >= 0.3 is 0 Å². The van der Waals surface area contributed by atoms with Gasteiger partial charge in [0.15, 0.2) is 0 Å². The second-order valence-corrected chi connectivity index (χ2v) is 4.87. The molecule has 3 aromatic rings. The first kappa shape index (κ1) is 11.9. The summed E-state index contributed by atoms with van der Waals surface area (Å²) >= 11 is 5.81. The molecule has 0 aliphatic heterocycles. The number of aryl methyl sites for hydroxylation is 1. The number of rotatable bonds is 2. The molecule has 2 heterocycles. The summed E-state index contributed by atoms with van der Waals surface area (Å²) in [6.07, 6.45) is 3.64. The van der Waals surface area contributed by atoms with Crippen LogP contribution in [-0.2, 0) is 0 Å². The maximum absolute atomic E-state index is 12.3. The number of fused-ring (bicyclic) bond motifs is 1. The molecule has 3 rings (SSSR count). The minimum atomic E-state index is -0.0991. The smallest absolute Gasteiger partial charge is 0.212 e. The summed E-state index contributed by atoms with van der Waals surface area (Å²) in [6, 6.07) is 10.7. The number of hydrogen-bond donors (Lipinski definition) is 0. The first-order valence-corrected chi connectivity index (χ1v) is 6.27. The summed E-state index contributed by atoms with van der Waals surface area (Å²) < 4.78 is 1.84. The molecule has 0 bridgehead atoms. The van der Waals surface area contributed by atoms with Gasteiger partial charge in [-0.1, -0.05) is 11.6 Å². The van der Waals surface area contributed by atoms with Gasteiger partial charge in [-0.3, -0.25) is 4.79 Å². The monoisotopic (exact) mass is 270 g/mol. The Hall–Kier alpha value is -2.13. The Bertz CT molecular complexity index is 759. The van der Waals surface area contributed by atoms with Crippen LogP contribution in [0.3, 0.4) is 0 Å². The van der Waals surface area contributed by atoms with E-state index in [4.69, 9.17) is 11.6 Å². The molecule has 0 N–H and O–H groups in total. The number of pyridine rings is 1. The number of halogens is 1. The maximum atomic E-state index is 12.3. The van der Waals surface area contributed by atoms with Crippen LogP contribution in [-0.4, -0.2) is 15.2 Å². The lowest BCUT2D eigenvalue weighted by atomic mass is 10.1. The highest BCUT2D eigenvalue weighted by atomic mass is 35.5. The van der Waals surface area contributed by atoms with E-state index in [1.807, 2.05) is 29.7 Å². The molecular weight excluding hydrogens is 260 g/mol. The number of benzene rings is 1. The molecule has 0 unspecified atom stereocenters. The zero-order valence-corrected chi connectivity index (χ0v) is 11.1. The van der Waals surface area contributed by atoms with Crippen molar-refractivity contribution in [1.82, 2.24) is 9.38 Å². The number of imidazole rings is 1. The van der Waals surface area contributed by atoms with E-state index in [9.17, 15) is 4.79 Å². The summed E-state index contributed by atoms with van der Waals surface area (Å²) in [5.41, 5.74) is 2.92. The topological polar surface area (TPSA) is 34.4 Å². The molecule has 0 amide bonds. The lowest BCUT2D eigenvalue weighted by molar-refractivity contribution is 0.103. The van der Waals surface area contributed by atoms with Gasteiger partial charge in [0.1, 0.15) is 11.3 Å². The summed E-state index contributed by atoms with van der Waals surface area (Å²) in [5, 5.41) is 0.613. The van der Waals surface area contributed by atoms with Gasteiger partial charge in [-0.05, 0) is 48.9 Å². The van der Waals surface area contributed by atoms with Crippen LogP contribution in [0.5, 0.6) is 0 Å². The molecule has 3 nitrogen and oxygen atoms in total. The molecule has 0 aliphatic rings. The molecule has 4 heteroatoms. The van der Waals surface area contributed by atoms with Crippen molar-refractivity contribution in [3.05, 3.63) is 70.6 Å². The van der Waals surface area contributed by atoms with Gasteiger partial charge in [0.05, 0.1) is 0 Å². The van der Waals surface area contributed by atoms with Crippen molar-refractivity contribution < 1.29 is 4.79 Å². The normalized spacial score (nSPS) is 10.8. The zero-order valence-electron chi connectivity index (χ0n) is 10.3. The van der Waals surface area contributed by atoms with Crippen LogP contribution in [0.25, 0.3) is 5.65 Å². The highest BCUT2D eigenvalue weighted by molar-refractivity contribution is 6.30. The Morgan fingerprint density at radius 3 is 2.68 bits per heavy atom. The van der Waals surface area contributed by atoms with Crippen LogP contribution in [0.15, 0.2) is 48.8 Å². The molecule has 0 aliphatic carbocycles. The van der Waals surface area contributed by atoms with Crippen molar-refractivity contribution in [3.8, 4) is 0 Å². The second-order valence-electron chi connectivity index (χ2n) is 4.43. The summed E-state index contributed by atoms with van der Waals surface area (Å²) in [7, 11) is 0. The predicted molar refractivity (Wildman–Crippen MR) is 74.8 cm³/mol. The third kappa shape index (κ3) is 2.25. The van der Waals surface area contributed by atoms with Crippen LogP contribution in [0.2, 0.25) is 5.02 Å². The van der Waals surface area contributed by atoms with Crippen molar-refractivity contribution in [2.75, 3.05) is 0 Å². The highest BCUT2D eigenvalue weighted by Crippen LogP contribution is 2.14. The summed E-state index contributed by atoms with van der Waals surface area (Å²) in [6.45, 7) is 2.00. The van der Waals surface area contributed by atoms with Crippen molar-refractivity contribution in [2.45, 2.75) is 6.92 Å². The number of carbonyl (C=O) groups is 1. The molecule has 0 saturated carbocycles. The van der Waals surface area contributed by atoms with E-state index >= 15 is 0 Å². The fraction of sp³-hybridized carbons (Fsp3) is 0.0667. The van der Waals surface area contributed by atoms with E-state index in [1.54, 1.807) is 30.5 Å². The van der Waals surface area contributed by atoms with Gasteiger partial charge < -0.3 is 4.40 Å². The zero-order chi connectivity index (χ0) is 13.4. The van der Waals surface area contributed by atoms with E-state index in [2.05, 4.69) is 4.98 Å². The standard InChI is InChI=1S/C15H11ClN2O/c1-10-6-7-18-9-13(17-14(18)8-10)15(19)11-2-4-12(16)5-3-11/h2-9H,1H3. The minimum Gasteiger partial charge on any atom is -0.306 e. The highest BCUT2D eigenvalue weighted by Gasteiger charge is 2.13. The number of ketones is 1. The number of carbonyl (C=O) groups excluding carboxylic acids is 1. The van der Waals surface area contributed by atoms with Crippen LogP contribution < -0.4 is 0 Å². The van der Waals surface area contributed by atoms with Crippen molar-refractivity contribution >= 4 is 23.0 Å². The minimum absolute atomic E-state index is 0.0991. The Morgan fingerprint density at radius 1 is 1.21 bits per heavy atom. The Kier molecular flexibility index (Phi) is 2.84. The van der Waals surface area contributed by atoms with Crippen molar-refractivity contribution in [1.29, 1.82) is 0 Å². The first-order valence-electron chi connectivity index (χ1n) is 5.89. The third-order valence-electron chi connectivity index (χ3n) is 2.95. The summed E-state index contributed by atoms with van der Waals surface area (Å²) in [5.74, 6) is -0.0991. The molecule has 19 heavy (non-hydrogen) atoms. The van der Waals surface area contributed by atoms with E-state index in [1.165, 1.54) is 0 Å². The largest absolute Gasteiger partial charge is 0.306 e. The average molecular weight is 271 g/mol. The molecule has 0 fully saturated rings. The fourth-order valence-corrected chi connectivity index (χ4v) is 2.07. The third-order valence-corrected chi connectivity index (χ3v) is 3.21. The van der Waals surface area contributed by atoms with Gasteiger partial charge in [0.2, 0.25) is 5.78 Å². The molecule has 2 aromatic heterocycles. The van der Waals surface area contributed by atoms with Crippen LogP contribution in [0.1, 0.15) is 21.6 Å². The molecule has 0 saturated heterocycles. The maximum Gasteiger partial charge on any atom is 0.212 e. The van der Waals surface area contributed by atoms with Gasteiger partial charge in [-0.25, -0.2) is 4.98 Å². The SMILES string of the molecule is Cc1ccn2cc(C(=O)c3ccc(Cl)cc3)nc2c1. The van der Waals surface area contributed by atoms with Gasteiger partial charge in [0, 0.05) is 23.0 Å². The predicted octanol–water partition coefficient (Wildman–Crippen LogP) is 3.53. The molecule has 0 spiro atoms. The Labute approximate surface area is 115 Å². The lowest BCUT2D eigenvalue weighted by Gasteiger charge is -1.96. The van der Waals surface area contributed by atoms with Crippen molar-refractivity contribution in [2.24, 2.45) is 0 Å². The number of aromatic nitrogens is 2. The molecule has 0 radical (unpaired) electrons.